The number of hydrogen-bond acceptors (Lipinski definition) is 3. The molecule has 1 aromatic carbocycles. The van der Waals surface area contributed by atoms with Gasteiger partial charge in [0.2, 0.25) is 0 Å². The maximum atomic E-state index is 11.0. The molecule has 0 fully saturated rings. The highest BCUT2D eigenvalue weighted by Gasteiger charge is 2.24. The van der Waals surface area contributed by atoms with Crippen molar-refractivity contribution in [3.8, 4) is 5.75 Å². The average molecular weight is 316 g/mol. The Balaban J connectivity index is 2.14. The zero-order valence-corrected chi connectivity index (χ0v) is 10.2. The monoisotopic (exact) mass is 316 g/mol. The normalized spacial score (nSPS) is 19.7. The first-order valence-corrected chi connectivity index (χ1v) is 5.54. The summed E-state index contributed by atoms with van der Waals surface area (Å²) in [6.45, 7) is 1.81. The summed E-state index contributed by atoms with van der Waals surface area (Å²) in [6.07, 6.45) is 0.869. The third-order valence-electron chi connectivity index (χ3n) is 2.01. The van der Waals surface area contributed by atoms with Gasteiger partial charge in [0.25, 0.3) is 6.29 Å². The largest absolute Gasteiger partial charge is 0.450 e. The van der Waals surface area contributed by atoms with Gasteiger partial charge >= 0.3 is 5.97 Å². The SMILES string of the molecule is CC1=CC(=O)OC1Oc1ccccc1I. The Morgan fingerprint density at radius 1 is 1.40 bits per heavy atom. The van der Waals surface area contributed by atoms with Gasteiger partial charge in [-0.25, -0.2) is 4.79 Å². The predicted octanol–water partition coefficient (Wildman–Crippen LogP) is 2.50. The fraction of sp³-hybridized carbons (Fsp3) is 0.182. The van der Waals surface area contributed by atoms with Crippen LogP contribution in [-0.2, 0) is 9.53 Å². The summed E-state index contributed by atoms with van der Waals surface area (Å²) in [5, 5.41) is 0. The summed E-state index contributed by atoms with van der Waals surface area (Å²) in [7, 11) is 0. The number of esters is 1. The van der Waals surface area contributed by atoms with Crippen molar-refractivity contribution < 1.29 is 14.3 Å². The lowest BCUT2D eigenvalue weighted by Gasteiger charge is -2.15. The van der Waals surface area contributed by atoms with Crippen molar-refractivity contribution in [3.63, 3.8) is 0 Å². The molecule has 4 heteroatoms. The minimum absolute atomic E-state index is 0.344. The van der Waals surface area contributed by atoms with Gasteiger partial charge in [0.15, 0.2) is 0 Å². The minimum Gasteiger partial charge on any atom is -0.450 e. The van der Waals surface area contributed by atoms with Crippen LogP contribution in [0, 0.1) is 3.57 Å². The lowest BCUT2D eigenvalue weighted by atomic mass is 10.3. The Bertz CT molecular complexity index is 426. The van der Waals surface area contributed by atoms with E-state index < -0.39 is 6.29 Å². The Kier molecular flexibility index (Phi) is 2.95. The van der Waals surface area contributed by atoms with E-state index in [1.165, 1.54) is 6.08 Å². The van der Waals surface area contributed by atoms with Crippen LogP contribution in [0.3, 0.4) is 0 Å². The number of carbonyl (C=O) groups is 1. The first-order chi connectivity index (χ1) is 7.16. The van der Waals surface area contributed by atoms with Crippen LogP contribution in [0.1, 0.15) is 6.92 Å². The lowest BCUT2D eigenvalue weighted by molar-refractivity contribution is -0.148. The first-order valence-electron chi connectivity index (χ1n) is 4.47. The van der Waals surface area contributed by atoms with Crippen LogP contribution < -0.4 is 4.74 Å². The second-order valence-corrected chi connectivity index (χ2v) is 4.37. The molecule has 1 unspecified atom stereocenters. The third kappa shape index (κ3) is 2.31. The van der Waals surface area contributed by atoms with E-state index in [1.54, 1.807) is 0 Å². The number of rotatable bonds is 2. The molecule has 1 atom stereocenters. The highest BCUT2D eigenvalue weighted by atomic mass is 127. The number of ether oxygens (including phenoxy) is 2. The van der Waals surface area contributed by atoms with E-state index in [4.69, 9.17) is 9.47 Å². The van der Waals surface area contributed by atoms with E-state index in [1.807, 2.05) is 31.2 Å². The molecule has 3 nitrogen and oxygen atoms in total. The van der Waals surface area contributed by atoms with E-state index >= 15 is 0 Å². The number of cyclic esters (lactones) is 1. The minimum atomic E-state index is -0.576. The Labute approximate surface area is 101 Å². The Morgan fingerprint density at radius 2 is 2.13 bits per heavy atom. The van der Waals surface area contributed by atoms with Gasteiger partial charge in [-0.3, -0.25) is 0 Å². The van der Waals surface area contributed by atoms with Gasteiger partial charge in [-0.15, -0.1) is 0 Å². The fourth-order valence-corrected chi connectivity index (χ4v) is 1.77. The molecule has 1 aromatic rings. The molecule has 0 radical (unpaired) electrons. The molecule has 0 aromatic heterocycles. The molecule has 2 rings (SSSR count). The van der Waals surface area contributed by atoms with Gasteiger partial charge in [0, 0.05) is 11.6 Å². The van der Waals surface area contributed by atoms with Crippen molar-refractivity contribution >= 4 is 28.6 Å². The number of hydrogen-bond donors (Lipinski definition) is 0. The average Bonchev–Trinajstić information content (AvgIpc) is 2.49. The topological polar surface area (TPSA) is 35.5 Å². The summed E-state index contributed by atoms with van der Waals surface area (Å²) in [5.74, 6) is 0.383. The summed E-state index contributed by atoms with van der Waals surface area (Å²) in [5.41, 5.74) is 0.791. The van der Waals surface area contributed by atoms with Crippen molar-refractivity contribution in [1.82, 2.24) is 0 Å². The van der Waals surface area contributed by atoms with Crippen LogP contribution in [0.2, 0.25) is 0 Å². The van der Waals surface area contributed by atoms with Crippen molar-refractivity contribution in [3.05, 3.63) is 39.5 Å². The van der Waals surface area contributed by atoms with Gasteiger partial charge in [-0.05, 0) is 41.6 Å². The van der Waals surface area contributed by atoms with Gasteiger partial charge in [0.1, 0.15) is 5.75 Å². The molecule has 1 aliphatic heterocycles. The predicted molar refractivity (Wildman–Crippen MR) is 63.4 cm³/mol. The molecule has 0 saturated carbocycles. The van der Waals surface area contributed by atoms with Crippen molar-refractivity contribution in [1.29, 1.82) is 0 Å². The Hall–Kier alpha value is -1.04. The van der Waals surface area contributed by atoms with E-state index in [9.17, 15) is 4.79 Å². The number of benzene rings is 1. The zero-order chi connectivity index (χ0) is 10.8. The zero-order valence-electron chi connectivity index (χ0n) is 8.07. The van der Waals surface area contributed by atoms with Crippen molar-refractivity contribution in [2.75, 3.05) is 0 Å². The summed E-state index contributed by atoms with van der Waals surface area (Å²) >= 11 is 2.17. The molecular weight excluding hydrogens is 307 g/mol. The highest BCUT2D eigenvalue weighted by molar-refractivity contribution is 14.1. The van der Waals surface area contributed by atoms with E-state index in [-0.39, 0.29) is 5.97 Å². The second-order valence-electron chi connectivity index (χ2n) is 3.21. The Morgan fingerprint density at radius 3 is 2.73 bits per heavy atom. The number of halogens is 1. The van der Waals surface area contributed by atoms with Crippen LogP contribution in [0.25, 0.3) is 0 Å². The van der Waals surface area contributed by atoms with Crippen LogP contribution in [0.15, 0.2) is 35.9 Å². The molecule has 0 spiro atoms. The number of para-hydroxylation sites is 1. The van der Waals surface area contributed by atoms with Crippen LogP contribution in [0.5, 0.6) is 5.75 Å². The molecule has 0 bridgehead atoms. The number of carbonyl (C=O) groups excluding carboxylic acids is 1. The summed E-state index contributed by atoms with van der Waals surface area (Å²) in [6, 6.07) is 7.60. The summed E-state index contributed by atoms with van der Waals surface area (Å²) in [4.78, 5) is 11.0. The van der Waals surface area contributed by atoms with E-state index in [2.05, 4.69) is 22.6 Å². The highest BCUT2D eigenvalue weighted by Crippen LogP contribution is 2.25. The molecule has 1 heterocycles. The smallest absolute Gasteiger partial charge is 0.334 e. The molecule has 15 heavy (non-hydrogen) atoms. The van der Waals surface area contributed by atoms with Gasteiger partial charge in [0.05, 0.1) is 3.57 Å². The molecule has 78 valence electrons. The van der Waals surface area contributed by atoms with Gasteiger partial charge < -0.3 is 9.47 Å². The van der Waals surface area contributed by atoms with E-state index in [0.717, 1.165) is 14.9 Å². The molecule has 0 saturated heterocycles. The van der Waals surface area contributed by atoms with Gasteiger partial charge in [-0.2, -0.15) is 0 Å². The maximum absolute atomic E-state index is 11.0. The molecule has 0 aliphatic carbocycles. The molecule has 0 N–H and O–H groups in total. The first kappa shape index (κ1) is 10.5. The van der Waals surface area contributed by atoms with Gasteiger partial charge in [-0.1, -0.05) is 12.1 Å². The summed E-state index contributed by atoms with van der Waals surface area (Å²) < 4.78 is 11.5. The third-order valence-corrected chi connectivity index (χ3v) is 2.90. The molecule has 0 amide bonds. The lowest BCUT2D eigenvalue weighted by Crippen LogP contribution is -2.19. The second kappa shape index (κ2) is 4.22. The molecule has 1 aliphatic rings. The van der Waals surface area contributed by atoms with Crippen molar-refractivity contribution in [2.24, 2.45) is 0 Å². The van der Waals surface area contributed by atoms with E-state index in [0.29, 0.717) is 0 Å². The fourth-order valence-electron chi connectivity index (χ4n) is 1.26. The van der Waals surface area contributed by atoms with Crippen LogP contribution in [-0.4, -0.2) is 12.3 Å². The van der Waals surface area contributed by atoms with Crippen LogP contribution >= 0.6 is 22.6 Å². The standard InChI is InChI=1S/C11H9IO3/c1-7-6-10(13)15-11(7)14-9-5-3-2-4-8(9)12/h2-6,11H,1H3. The quantitative estimate of drug-likeness (QED) is 0.621. The maximum Gasteiger partial charge on any atom is 0.334 e. The molecular formula is C11H9IO3. The van der Waals surface area contributed by atoms with Crippen LogP contribution in [0.4, 0.5) is 0 Å². The van der Waals surface area contributed by atoms with Crippen molar-refractivity contribution in [2.45, 2.75) is 13.2 Å².